The summed E-state index contributed by atoms with van der Waals surface area (Å²) in [5.74, 6) is -0.306. The van der Waals surface area contributed by atoms with E-state index in [9.17, 15) is 14.4 Å². The van der Waals surface area contributed by atoms with Crippen molar-refractivity contribution in [3.63, 3.8) is 0 Å². The molecule has 2 saturated heterocycles. The Balaban J connectivity index is 1.60. The molecule has 0 spiro atoms. The van der Waals surface area contributed by atoms with Gasteiger partial charge in [0.05, 0.1) is 6.04 Å². The monoisotopic (exact) mass is 301 g/mol. The van der Waals surface area contributed by atoms with E-state index in [2.05, 4.69) is 10.6 Å². The SMILES string of the molecule is O=C1NC(=O)[C@H](CCC(=O)N2CCC[C@H]2c2ccccc2)N1. The Bertz CT molecular complexity index is 588. The summed E-state index contributed by atoms with van der Waals surface area (Å²) in [5.41, 5.74) is 1.15. The molecule has 0 aliphatic carbocycles. The zero-order valence-electron chi connectivity index (χ0n) is 12.2. The number of hydrogen-bond donors (Lipinski definition) is 2. The van der Waals surface area contributed by atoms with Gasteiger partial charge in [-0.15, -0.1) is 0 Å². The third-order valence-corrected chi connectivity index (χ3v) is 4.26. The summed E-state index contributed by atoms with van der Waals surface area (Å²) in [5, 5.41) is 4.70. The molecule has 2 aliphatic rings. The average Bonchev–Trinajstić information content (AvgIpc) is 3.12. The van der Waals surface area contributed by atoms with E-state index in [1.165, 1.54) is 0 Å². The van der Waals surface area contributed by atoms with Crippen molar-refractivity contribution in [2.75, 3.05) is 6.54 Å². The number of hydrogen-bond acceptors (Lipinski definition) is 3. The van der Waals surface area contributed by atoms with Gasteiger partial charge < -0.3 is 10.2 Å². The highest BCUT2D eigenvalue weighted by Gasteiger charge is 2.33. The molecule has 1 aromatic rings. The molecular formula is C16H19N3O3. The average molecular weight is 301 g/mol. The molecule has 0 radical (unpaired) electrons. The van der Waals surface area contributed by atoms with Crippen LogP contribution in [0.25, 0.3) is 0 Å². The first kappa shape index (κ1) is 14.6. The Kier molecular flexibility index (Phi) is 4.09. The summed E-state index contributed by atoms with van der Waals surface area (Å²) >= 11 is 0. The second-order valence-electron chi connectivity index (χ2n) is 5.71. The van der Waals surface area contributed by atoms with E-state index < -0.39 is 12.1 Å². The first-order valence-corrected chi connectivity index (χ1v) is 7.61. The van der Waals surface area contributed by atoms with Crippen LogP contribution in [0.5, 0.6) is 0 Å². The van der Waals surface area contributed by atoms with E-state index in [0.29, 0.717) is 6.42 Å². The Morgan fingerprint density at radius 2 is 2.00 bits per heavy atom. The Labute approximate surface area is 128 Å². The Hall–Kier alpha value is -2.37. The molecule has 2 fully saturated rings. The molecule has 2 heterocycles. The minimum atomic E-state index is -0.589. The number of rotatable bonds is 4. The van der Waals surface area contributed by atoms with Crippen molar-refractivity contribution in [3.8, 4) is 0 Å². The van der Waals surface area contributed by atoms with Gasteiger partial charge in [0.25, 0.3) is 5.91 Å². The predicted octanol–water partition coefficient (Wildman–Crippen LogP) is 1.34. The van der Waals surface area contributed by atoms with E-state index in [0.717, 1.165) is 24.9 Å². The molecule has 2 N–H and O–H groups in total. The fourth-order valence-electron chi connectivity index (χ4n) is 3.16. The molecule has 3 rings (SSSR count). The molecule has 4 amide bonds. The van der Waals surface area contributed by atoms with Gasteiger partial charge in [-0.25, -0.2) is 4.79 Å². The van der Waals surface area contributed by atoms with Gasteiger partial charge in [0, 0.05) is 13.0 Å². The molecule has 0 saturated carbocycles. The summed E-state index contributed by atoms with van der Waals surface area (Å²) in [4.78, 5) is 36.9. The number of carbonyl (C=O) groups is 3. The number of carbonyl (C=O) groups excluding carboxylic acids is 3. The minimum Gasteiger partial charge on any atom is -0.336 e. The second kappa shape index (κ2) is 6.17. The van der Waals surface area contributed by atoms with Crippen LogP contribution in [-0.2, 0) is 9.59 Å². The van der Waals surface area contributed by atoms with Crippen LogP contribution in [0.4, 0.5) is 4.79 Å². The first-order chi connectivity index (χ1) is 10.6. The molecule has 116 valence electrons. The van der Waals surface area contributed by atoms with Crippen LogP contribution in [-0.4, -0.2) is 35.3 Å². The lowest BCUT2D eigenvalue weighted by atomic mass is 10.0. The molecule has 6 heteroatoms. The number of likely N-dealkylation sites (tertiary alicyclic amines) is 1. The lowest BCUT2D eigenvalue weighted by Gasteiger charge is -2.25. The fraction of sp³-hybridized carbons (Fsp3) is 0.438. The fourth-order valence-corrected chi connectivity index (χ4v) is 3.16. The molecule has 6 nitrogen and oxygen atoms in total. The van der Waals surface area contributed by atoms with Crippen LogP contribution >= 0.6 is 0 Å². The van der Waals surface area contributed by atoms with Crippen LogP contribution in [0.3, 0.4) is 0 Å². The highest BCUT2D eigenvalue weighted by atomic mass is 16.2. The largest absolute Gasteiger partial charge is 0.336 e. The lowest BCUT2D eigenvalue weighted by molar-refractivity contribution is -0.132. The van der Waals surface area contributed by atoms with Crippen molar-refractivity contribution >= 4 is 17.8 Å². The van der Waals surface area contributed by atoms with Gasteiger partial charge in [-0.1, -0.05) is 30.3 Å². The number of nitrogens with one attached hydrogen (secondary N) is 2. The van der Waals surface area contributed by atoms with Gasteiger partial charge in [0.15, 0.2) is 0 Å². The van der Waals surface area contributed by atoms with Crippen molar-refractivity contribution in [3.05, 3.63) is 35.9 Å². The maximum absolute atomic E-state index is 12.5. The number of imide groups is 1. The topological polar surface area (TPSA) is 78.5 Å². The molecular weight excluding hydrogens is 282 g/mol. The van der Waals surface area contributed by atoms with E-state index in [1.807, 2.05) is 35.2 Å². The van der Waals surface area contributed by atoms with Crippen LogP contribution in [0.15, 0.2) is 30.3 Å². The van der Waals surface area contributed by atoms with Crippen LogP contribution in [0.2, 0.25) is 0 Å². The molecule has 1 aromatic carbocycles. The maximum Gasteiger partial charge on any atom is 0.322 e. The summed E-state index contributed by atoms with van der Waals surface area (Å²) in [6, 6.07) is 9.07. The quantitative estimate of drug-likeness (QED) is 0.824. The highest BCUT2D eigenvalue weighted by Crippen LogP contribution is 2.32. The Morgan fingerprint density at radius 1 is 1.23 bits per heavy atom. The number of benzene rings is 1. The summed E-state index contributed by atoms with van der Waals surface area (Å²) < 4.78 is 0. The van der Waals surface area contributed by atoms with E-state index in [-0.39, 0.29) is 24.3 Å². The predicted molar refractivity (Wildman–Crippen MR) is 79.8 cm³/mol. The standard InChI is InChI=1S/C16H19N3O3/c20-14(9-8-12-15(21)18-16(22)17-12)19-10-4-7-13(19)11-5-2-1-3-6-11/h1-3,5-6,12-13H,4,7-10H2,(H2,17,18,21,22)/t12-,13-/m0/s1. The smallest absolute Gasteiger partial charge is 0.322 e. The highest BCUT2D eigenvalue weighted by molar-refractivity contribution is 6.04. The first-order valence-electron chi connectivity index (χ1n) is 7.61. The van der Waals surface area contributed by atoms with Crippen molar-refractivity contribution < 1.29 is 14.4 Å². The molecule has 2 atom stereocenters. The minimum absolute atomic E-state index is 0.0419. The maximum atomic E-state index is 12.5. The zero-order chi connectivity index (χ0) is 15.5. The van der Waals surface area contributed by atoms with Gasteiger partial charge in [-0.3, -0.25) is 14.9 Å². The molecule has 2 aliphatic heterocycles. The molecule has 0 unspecified atom stereocenters. The van der Waals surface area contributed by atoms with Gasteiger partial charge in [0.1, 0.15) is 6.04 Å². The Morgan fingerprint density at radius 3 is 2.68 bits per heavy atom. The lowest BCUT2D eigenvalue weighted by Crippen LogP contribution is -2.34. The molecule has 0 aromatic heterocycles. The number of nitrogens with zero attached hydrogens (tertiary/aromatic N) is 1. The normalized spacial score (nSPS) is 24.3. The van der Waals surface area contributed by atoms with E-state index in [1.54, 1.807) is 0 Å². The third kappa shape index (κ3) is 2.95. The van der Waals surface area contributed by atoms with Gasteiger partial charge in [-0.05, 0) is 24.8 Å². The van der Waals surface area contributed by atoms with Crippen LogP contribution in [0, 0.1) is 0 Å². The van der Waals surface area contributed by atoms with E-state index >= 15 is 0 Å². The van der Waals surface area contributed by atoms with Gasteiger partial charge in [0.2, 0.25) is 5.91 Å². The van der Waals surface area contributed by atoms with Crippen molar-refractivity contribution in [2.24, 2.45) is 0 Å². The van der Waals surface area contributed by atoms with E-state index in [4.69, 9.17) is 0 Å². The van der Waals surface area contributed by atoms with Crippen LogP contribution < -0.4 is 10.6 Å². The van der Waals surface area contributed by atoms with Crippen LogP contribution in [0.1, 0.15) is 37.3 Å². The van der Waals surface area contributed by atoms with Crippen molar-refractivity contribution in [1.29, 1.82) is 0 Å². The summed E-state index contributed by atoms with van der Waals surface area (Å²) in [6.45, 7) is 0.752. The summed E-state index contributed by atoms with van der Waals surface area (Å²) in [7, 11) is 0. The van der Waals surface area contributed by atoms with Crippen molar-refractivity contribution in [1.82, 2.24) is 15.5 Å². The summed E-state index contributed by atoms with van der Waals surface area (Å²) in [6.07, 6.45) is 2.57. The molecule has 0 bridgehead atoms. The van der Waals surface area contributed by atoms with Gasteiger partial charge in [-0.2, -0.15) is 0 Å². The number of urea groups is 1. The molecule has 22 heavy (non-hydrogen) atoms. The second-order valence-corrected chi connectivity index (χ2v) is 5.71. The third-order valence-electron chi connectivity index (χ3n) is 4.26. The van der Waals surface area contributed by atoms with Gasteiger partial charge >= 0.3 is 6.03 Å². The van der Waals surface area contributed by atoms with Crippen molar-refractivity contribution in [2.45, 2.75) is 37.8 Å². The number of amides is 4. The zero-order valence-corrected chi connectivity index (χ0v) is 12.2.